The lowest BCUT2D eigenvalue weighted by molar-refractivity contribution is -0.286. The van der Waals surface area contributed by atoms with Crippen molar-refractivity contribution in [3.05, 3.63) is 35.4 Å². The van der Waals surface area contributed by atoms with E-state index in [0.29, 0.717) is 28.6 Å². The topological polar surface area (TPSA) is 111 Å². The monoisotopic (exact) mass is 612 g/mol. The molecule has 10 nitrogen and oxygen atoms in total. The molecule has 0 radical (unpaired) electrons. The molecule has 16 heteroatoms. The fourth-order valence-electron chi connectivity index (χ4n) is 5.47. The van der Waals surface area contributed by atoms with Crippen LogP contribution >= 0.6 is 11.3 Å². The minimum atomic E-state index is -4.73. The second-order valence-electron chi connectivity index (χ2n) is 10.5. The van der Waals surface area contributed by atoms with Gasteiger partial charge in [-0.1, -0.05) is 11.3 Å². The van der Waals surface area contributed by atoms with Gasteiger partial charge in [0.15, 0.2) is 16.6 Å². The molecule has 2 atom stereocenters. The number of amides is 2. The minimum Gasteiger partial charge on any atom is -0.496 e. The maximum Gasteiger partial charge on any atom is 0.586 e. The molecule has 3 fully saturated rings. The van der Waals surface area contributed by atoms with E-state index in [1.807, 2.05) is 5.32 Å². The highest BCUT2D eigenvalue weighted by Crippen LogP contribution is 2.50. The number of ether oxygens (including phenoxy) is 4. The summed E-state index contributed by atoms with van der Waals surface area (Å²) in [5.41, 5.74) is -2.79. The van der Waals surface area contributed by atoms with E-state index < -0.39 is 46.9 Å². The van der Waals surface area contributed by atoms with E-state index in [1.54, 1.807) is 6.07 Å². The Bertz CT molecular complexity index is 1630. The van der Waals surface area contributed by atoms with E-state index in [0.717, 1.165) is 18.6 Å². The fourth-order valence-corrected chi connectivity index (χ4v) is 6.71. The summed E-state index contributed by atoms with van der Waals surface area (Å²) in [6.07, 6.45) is -8.52. The number of nitrogens with zero attached hydrogens (tertiary/aromatic N) is 2. The molecule has 3 aliphatic heterocycles. The summed E-state index contributed by atoms with van der Waals surface area (Å²) < 4.78 is 88.6. The molecule has 1 aliphatic carbocycles. The summed E-state index contributed by atoms with van der Waals surface area (Å²) in [5.74, 6) is -2.97. The molecule has 3 aromatic rings. The second kappa shape index (κ2) is 9.04. The van der Waals surface area contributed by atoms with Gasteiger partial charge in [0.2, 0.25) is 0 Å². The normalized spacial score (nSPS) is 22.9. The number of thiazole rings is 1. The van der Waals surface area contributed by atoms with Crippen molar-refractivity contribution in [3.63, 3.8) is 0 Å². The van der Waals surface area contributed by atoms with Gasteiger partial charge in [-0.15, -0.1) is 8.78 Å². The average molecular weight is 613 g/mol. The predicted molar refractivity (Wildman–Crippen MR) is 138 cm³/mol. The van der Waals surface area contributed by atoms with Gasteiger partial charge in [0.05, 0.1) is 53.9 Å². The van der Waals surface area contributed by atoms with Crippen LogP contribution in [0.3, 0.4) is 0 Å². The molecule has 2 saturated heterocycles. The summed E-state index contributed by atoms with van der Waals surface area (Å²) in [6, 6.07) is 5.27. The van der Waals surface area contributed by atoms with Crippen molar-refractivity contribution >= 4 is 44.2 Å². The molecule has 2 aromatic carbocycles. The second-order valence-corrected chi connectivity index (χ2v) is 11.5. The van der Waals surface area contributed by atoms with Crippen LogP contribution in [0.5, 0.6) is 17.2 Å². The number of rotatable bonds is 6. The van der Waals surface area contributed by atoms with E-state index >= 15 is 0 Å². The van der Waals surface area contributed by atoms with Crippen LogP contribution in [-0.2, 0) is 4.74 Å². The van der Waals surface area contributed by atoms with Gasteiger partial charge in [-0.25, -0.2) is 4.98 Å². The summed E-state index contributed by atoms with van der Waals surface area (Å²) >= 11 is 1.25. The molecule has 4 heterocycles. The number of carbonyl (C=O) groups excluding carboxylic acids is 2. The first-order chi connectivity index (χ1) is 19.9. The Hall–Kier alpha value is -3.92. The summed E-state index contributed by atoms with van der Waals surface area (Å²) in [7, 11) is 1.35. The van der Waals surface area contributed by atoms with E-state index in [4.69, 9.17) is 9.47 Å². The smallest absolute Gasteiger partial charge is 0.496 e. The predicted octanol–water partition coefficient (Wildman–Crippen LogP) is 4.68. The number of carbonyl (C=O) groups is 2. The van der Waals surface area contributed by atoms with Gasteiger partial charge in [-0.3, -0.25) is 9.59 Å². The van der Waals surface area contributed by atoms with Crippen LogP contribution in [0.2, 0.25) is 0 Å². The summed E-state index contributed by atoms with van der Waals surface area (Å²) in [6.45, 7) is 1.12. The maximum absolute atomic E-state index is 13.8. The van der Waals surface area contributed by atoms with Gasteiger partial charge in [-0.2, -0.15) is 13.2 Å². The van der Waals surface area contributed by atoms with Gasteiger partial charge in [0.25, 0.3) is 11.8 Å². The number of methoxy groups -OCH3 is 1. The summed E-state index contributed by atoms with van der Waals surface area (Å²) in [5, 5.41) is 5.11. The molecular weight excluding hydrogens is 591 g/mol. The molecule has 222 valence electrons. The number of benzene rings is 2. The maximum atomic E-state index is 13.8. The number of halogens is 5. The largest absolute Gasteiger partial charge is 0.586 e. The van der Waals surface area contributed by atoms with Crippen LogP contribution in [0.25, 0.3) is 10.2 Å². The lowest BCUT2D eigenvalue weighted by atomic mass is 9.92. The Labute approximate surface area is 237 Å². The number of alkyl halides is 5. The number of aromatic nitrogens is 1. The van der Waals surface area contributed by atoms with Crippen molar-refractivity contribution in [2.45, 2.75) is 49.4 Å². The molecule has 1 aromatic heterocycles. The van der Waals surface area contributed by atoms with Gasteiger partial charge in [0, 0.05) is 6.07 Å². The number of nitrogens with one attached hydrogen (secondary N) is 2. The van der Waals surface area contributed by atoms with Gasteiger partial charge < -0.3 is 34.5 Å². The molecule has 7 rings (SSSR count). The third kappa shape index (κ3) is 4.26. The molecule has 42 heavy (non-hydrogen) atoms. The number of hydrogen-bond donors (Lipinski definition) is 2. The number of morpholine rings is 1. The van der Waals surface area contributed by atoms with Gasteiger partial charge in [-0.05, 0) is 37.5 Å². The lowest BCUT2D eigenvalue weighted by Crippen LogP contribution is -2.64. The van der Waals surface area contributed by atoms with E-state index in [2.05, 4.69) is 24.7 Å². The first-order valence-corrected chi connectivity index (χ1v) is 13.7. The van der Waals surface area contributed by atoms with Crippen LogP contribution in [0.15, 0.2) is 24.3 Å². The van der Waals surface area contributed by atoms with Crippen LogP contribution in [-0.4, -0.2) is 67.2 Å². The zero-order chi connectivity index (χ0) is 29.6. The Balaban J connectivity index is 1.25. The molecule has 1 saturated carbocycles. The standard InChI is InChI=1S/C26H21F5N4O6S/c1-38-16-3-2-14-20(42-23(33-14)35-11-6-12(35)10-39-9-11)19(16)22(37)32-15-8-18-17(40-26(30,31)41-18)7-13(15)21(36)34-24(4-5-24)25(27,28)29/h2-3,7-8,11-12H,4-6,9-10H2,1H3,(H,32,37)(H,34,36). The molecule has 2 bridgehead atoms. The number of hydrogen-bond acceptors (Lipinski definition) is 9. The average Bonchev–Trinajstić information content (AvgIpc) is 3.50. The molecular formula is C26H21F5N4O6S. The molecule has 2 N–H and O–H groups in total. The van der Waals surface area contributed by atoms with Gasteiger partial charge in [0.1, 0.15) is 16.9 Å². The fraction of sp³-hybridized carbons (Fsp3) is 0.423. The van der Waals surface area contributed by atoms with Crippen LogP contribution in [0.4, 0.5) is 32.8 Å². The highest BCUT2D eigenvalue weighted by Gasteiger charge is 2.64. The SMILES string of the molecule is COc1ccc2nc(N3C4COCC3C4)sc2c1C(=O)Nc1cc2c(cc1C(=O)NC1(C(F)(F)F)CC1)OC(F)(F)O2. The number of anilines is 2. The Morgan fingerprint density at radius 2 is 1.79 bits per heavy atom. The van der Waals surface area contributed by atoms with E-state index in [1.165, 1.54) is 24.5 Å². The zero-order valence-electron chi connectivity index (χ0n) is 21.6. The van der Waals surface area contributed by atoms with Gasteiger partial charge >= 0.3 is 12.5 Å². The third-order valence-corrected chi connectivity index (χ3v) is 8.91. The van der Waals surface area contributed by atoms with Crippen molar-refractivity contribution < 1.29 is 50.5 Å². The van der Waals surface area contributed by atoms with Crippen molar-refractivity contribution in [1.29, 1.82) is 0 Å². The molecule has 0 spiro atoms. The molecule has 4 aliphatic rings. The first-order valence-electron chi connectivity index (χ1n) is 12.9. The highest BCUT2D eigenvalue weighted by molar-refractivity contribution is 7.22. The first kappa shape index (κ1) is 26.9. The Morgan fingerprint density at radius 1 is 1.10 bits per heavy atom. The van der Waals surface area contributed by atoms with Crippen LogP contribution in [0.1, 0.15) is 40.0 Å². The van der Waals surface area contributed by atoms with Crippen LogP contribution < -0.4 is 29.7 Å². The van der Waals surface area contributed by atoms with E-state index in [9.17, 15) is 31.5 Å². The van der Waals surface area contributed by atoms with E-state index in [-0.39, 0.29) is 41.9 Å². The van der Waals surface area contributed by atoms with Crippen LogP contribution in [0, 0.1) is 0 Å². The van der Waals surface area contributed by atoms with Crippen molar-refractivity contribution in [2.24, 2.45) is 0 Å². The highest BCUT2D eigenvalue weighted by atomic mass is 32.1. The Morgan fingerprint density at radius 3 is 2.40 bits per heavy atom. The van der Waals surface area contributed by atoms with Crippen molar-refractivity contribution in [3.8, 4) is 17.2 Å². The lowest BCUT2D eigenvalue weighted by Gasteiger charge is -2.52. The summed E-state index contributed by atoms with van der Waals surface area (Å²) in [4.78, 5) is 33.7. The Kier molecular flexibility index (Phi) is 5.80. The number of fused-ring (bicyclic) bond motifs is 4. The quantitative estimate of drug-likeness (QED) is 0.387. The minimum absolute atomic E-state index is 0.0454. The van der Waals surface area contributed by atoms with Crippen molar-refractivity contribution in [1.82, 2.24) is 10.3 Å². The molecule has 2 unspecified atom stereocenters. The van der Waals surface area contributed by atoms with Crippen molar-refractivity contribution in [2.75, 3.05) is 30.5 Å². The molecule has 2 amide bonds. The third-order valence-electron chi connectivity index (χ3n) is 7.81. The zero-order valence-corrected chi connectivity index (χ0v) is 22.5.